The maximum Gasteiger partial charge on any atom is 0.275 e. The lowest BCUT2D eigenvalue weighted by atomic mass is 10.2. The van der Waals surface area contributed by atoms with Crippen LogP contribution >= 0.6 is 22.9 Å². The van der Waals surface area contributed by atoms with E-state index >= 15 is 0 Å². The number of amides is 1. The lowest BCUT2D eigenvalue weighted by Gasteiger charge is -2.34. The molecule has 1 aliphatic heterocycles. The van der Waals surface area contributed by atoms with Crippen LogP contribution in [0.5, 0.6) is 5.75 Å². The van der Waals surface area contributed by atoms with Crippen LogP contribution in [-0.4, -0.2) is 63.1 Å². The van der Waals surface area contributed by atoms with Crippen molar-refractivity contribution < 1.29 is 9.53 Å². The molecule has 1 aliphatic rings. The second kappa shape index (κ2) is 10.2. The van der Waals surface area contributed by atoms with Gasteiger partial charge in [0, 0.05) is 49.4 Å². The van der Waals surface area contributed by atoms with Gasteiger partial charge in [-0.25, -0.2) is 4.98 Å². The van der Waals surface area contributed by atoms with Crippen LogP contribution in [0.2, 0.25) is 5.02 Å². The number of hydrogen-bond acceptors (Lipinski definition) is 7. The fourth-order valence-corrected chi connectivity index (χ4v) is 5.03. The number of benzene rings is 2. The summed E-state index contributed by atoms with van der Waals surface area (Å²) in [7, 11) is 0. The van der Waals surface area contributed by atoms with Crippen LogP contribution in [0.15, 0.2) is 59.4 Å². The van der Waals surface area contributed by atoms with Gasteiger partial charge in [-0.3, -0.25) is 14.5 Å². The van der Waals surface area contributed by atoms with E-state index in [-0.39, 0.29) is 18.1 Å². The Morgan fingerprint density at radius 2 is 1.86 bits per heavy atom. The molecule has 2 aromatic carbocycles. The van der Waals surface area contributed by atoms with E-state index in [1.165, 1.54) is 21.9 Å². The first-order chi connectivity index (χ1) is 16.9. The van der Waals surface area contributed by atoms with Crippen molar-refractivity contribution in [1.82, 2.24) is 24.4 Å². The molecule has 1 amide bonds. The van der Waals surface area contributed by atoms with Crippen LogP contribution in [0.3, 0.4) is 0 Å². The summed E-state index contributed by atoms with van der Waals surface area (Å²) in [6.07, 6.45) is 0. The van der Waals surface area contributed by atoms with Crippen molar-refractivity contribution in [1.29, 1.82) is 0 Å². The van der Waals surface area contributed by atoms with Crippen LogP contribution in [-0.2, 0) is 11.3 Å². The van der Waals surface area contributed by atoms with E-state index in [9.17, 15) is 9.59 Å². The Labute approximate surface area is 211 Å². The predicted molar refractivity (Wildman–Crippen MR) is 136 cm³/mol. The second-order valence-electron chi connectivity index (χ2n) is 8.46. The molecule has 0 spiro atoms. The van der Waals surface area contributed by atoms with Crippen molar-refractivity contribution in [3.05, 3.63) is 81.2 Å². The number of aryl methyl sites for hydroxylation is 1. The van der Waals surface area contributed by atoms with Gasteiger partial charge in [0.05, 0.1) is 5.69 Å². The third-order valence-corrected chi connectivity index (χ3v) is 7.06. The molecule has 3 heterocycles. The number of aromatic nitrogens is 3. The monoisotopic (exact) mass is 509 g/mol. The molecule has 0 atom stereocenters. The summed E-state index contributed by atoms with van der Waals surface area (Å²) in [5, 5.41) is 5.78. The molecule has 0 unspecified atom stereocenters. The molecule has 35 heavy (non-hydrogen) atoms. The topological polar surface area (TPSA) is 80.0 Å². The van der Waals surface area contributed by atoms with Gasteiger partial charge < -0.3 is 9.64 Å². The van der Waals surface area contributed by atoms with Gasteiger partial charge in [-0.2, -0.15) is 9.61 Å². The van der Waals surface area contributed by atoms with E-state index in [1.54, 1.807) is 12.1 Å². The van der Waals surface area contributed by atoms with Gasteiger partial charge in [-0.15, -0.1) is 0 Å². The summed E-state index contributed by atoms with van der Waals surface area (Å²) < 4.78 is 6.99. The maximum atomic E-state index is 12.7. The number of fused-ring (bicyclic) bond motifs is 1. The van der Waals surface area contributed by atoms with E-state index < -0.39 is 0 Å². The molecule has 10 heteroatoms. The maximum absolute atomic E-state index is 12.7. The largest absolute Gasteiger partial charge is 0.484 e. The van der Waals surface area contributed by atoms with Gasteiger partial charge in [0.1, 0.15) is 10.8 Å². The molecule has 0 aliphatic carbocycles. The van der Waals surface area contributed by atoms with Gasteiger partial charge in [0.2, 0.25) is 4.96 Å². The minimum absolute atomic E-state index is 0.0247. The molecule has 0 saturated carbocycles. The molecule has 1 saturated heterocycles. The predicted octanol–water partition coefficient (Wildman–Crippen LogP) is 3.50. The number of ether oxygens (including phenoxy) is 1. The lowest BCUT2D eigenvalue weighted by molar-refractivity contribution is -0.135. The average Bonchev–Trinajstić information content (AvgIpc) is 3.28. The number of rotatable bonds is 6. The summed E-state index contributed by atoms with van der Waals surface area (Å²) in [6, 6.07) is 16.5. The van der Waals surface area contributed by atoms with E-state index in [2.05, 4.69) is 15.0 Å². The quantitative estimate of drug-likeness (QED) is 0.396. The number of carbonyl (C=O) groups is 1. The molecule has 0 bridgehead atoms. The Morgan fingerprint density at radius 3 is 2.60 bits per heavy atom. The Bertz CT molecular complexity index is 1410. The minimum atomic E-state index is -0.205. The van der Waals surface area contributed by atoms with Crippen LogP contribution in [0.25, 0.3) is 15.5 Å². The first-order valence-corrected chi connectivity index (χ1v) is 12.5. The zero-order chi connectivity index (χ0) is 24.4. The molecule has 0 radical (unpaired) electrons. The smallest absolute Gasteiger partial charge is 0.275 e. The summed E-state index contributed by atoms with van der Waals surface area (Å²) in [4.78, 5) is 34.5. The van der Waals surface area contributed by atoms with Gasteiger partial charge >= 0.3 is 0 Å². The second-order valence-corrected chi connectivity index (χ2v) is 9.85. The molecule has 180 valence electrons. The van der Waals surface area contributed by atoms with E-state index in [0.29, 0.717) is 59.2 Å². The van der Waals surface area contributed by atoms with Crippen molar-refractivity contribution in [2.24, 2.45) is 0 Å². The number of hydrogen-bond donors (Lipinski definition) is 0. The number of piperazine rings is 1. The normalized spacial score (nSPS) is 14.4. The Hall–Kier alpha value is -3.27. The summed E-state index contributed by atoms with van der Waals surface area (Å²) >= 11 is 7.34. The highest BCUT2D eigenvalue weighted by molar-refractivity contribution is 7.19. The fraction of sp³-hybridized carbons (Fsp3) is 0.280. The fourth-order valence-electron chi connectivity index (χ4n) is 3.97. The van der Waals surface area contributed by atoms with Crippen LogP contribution in [0.1, 0.15) is 11.3 Å². The zero-order valence-corrected chi connectivity index (χ0v) is 20.8. The molecule has 0 N–H and O–H groups in total. The molecule has 2 aromatic heterocycles. The third-order valence-electron chi connectivity index (χ3n) is 5.85. The first-order valence-electron chi connectivity index (χ1n) is 11.3. The highest BCUT2D eigenvalue weighted by atomic mass is 35.5. The highest BCUT2D eigenvalue weighted by Crippen LogP contribution is 2.25. The van der Waals surface area contributed by atoms with Crippen molar-refractivity contribution in [2.75, 3.05) is 32.8 Å². The Balaban J connectivity index is 1.19. The van der Waals surface area contributed by atoms with E-state index in [1.807, 2.05) is 48.2 Å². The number of carbonyl (C=O) groups excluding carboxylic acids is 1. The molecule has 5 rings (SSSR count). The zero-order valence-electron chi connectivity index (χ0n) is 19.2. The number of nitrogens with zero attached hydrogens (tertiary/aromatic N) is 5. The Morgan fingerprint density at radius 1 is 1.09 bits per heavy atom. The van der Waals surface area contributed by atoms with Crippen molar-refractivity contribution in [2.45, 2.75) is 13.5 Å². The van der Waals surface area contributed by atoms with Crippen molar-refractivity contribution in [3.63, 3.8) is 0 Å². The molecular formula is C25H24ClN5O3S. The van der Waals surface area contributed by atoms with Crippen LogP contribution in [0, 0.1) is 6.92 Å². The van der Waals surface area contributed by atoms with Gasteiger partial charge in [-0.1, -0.05) is 47.2 Å². The molecular weight excluding hydrogens is 486 g/mol. The summed E-state index contributed by atoms with van der Waals surface area (Å²) in [5.41, 5.74) is 2.47. The van der Waals surface area contributed by atoms with E-state index in [4.69, 9.17) is 16.3 Å². The molecule has 1 fully saturated rings. The lowest BCUT2D eigenvalue weighted by Crippen LogP contribution is -2.49. The minimum Gasteiger partial charge on any atom is -0.484 e. The summed E-state index contributed by atoms with van der Waals surface area (Å²) in [6.45, 7) is 5.19. The first kappa shape index (κ1) is 23.5. The number of halogens is 1. The van der Waals surface area contributed by atoms with Crippen molar-refractivity contribution in [3.8, 4) is 16.3 Å². The third kappa shape index (κ3) is 5.53. The van der Waals surface area contributed by atoms with Crippen molar-refractivity contribution >= 4 is 33.8 Å². The van der Waals surface area contributed by atoms with Gasteiger partial charge in [0.15, 0.2) is 6.61 Å². The highest BCUT2D eigenvalue weighted by Gasteiger charge is 2.22. The average molecular weight is 510 g/mol. The van der Waals surface area contributed by atoms with Gasteiger partial charge in [-0.05, 0) is 36.8 Å². The molecule has 4 aromatic rings. The standard InChI is InChI=1S/C25H24ClN5O3S/c1-17-3-2-4-21(13-17)34-16-23(33)30-11-9-29(10-12-30)15-20-14-22(32)31-25(27-20)35-24(28-31)18-5-7-19(26)8-6-18/h2-8,13-14H,9-12,15-16H2,1H3. The SMILES string of the molecule is Cc1cccc(OCC(=O)N2CCN(Cc3cc(=O)n4nc(-c5ccc(Cl)cc5)sc4n3)CC2)c1. The molecule has 8 nitrogen and oxygen atoms in total. The Kier molecular flexibility index (Phi) is 6.81. The van der Waals surface area contributed by atoms with E-state index in [0.717, 1.165) is 11.1 Å². The summed E-state index contributed by atoms with van der Waals surface area (Å²) in [5.74, 6) is 0.676. The van der Waals surface area contributed by atoms with Gasteiger partial charge in [0.25, 0.3) is 11.5 Å². The van der Waals surface area contributed by atoms with Crippen LogP contribution in [0.4, 0.5) is 0 Å². The van der Waals surface area contributed by atoms with Crippen LogP contribution < -0.4 is 10.3 Å².